The fourth-order valence-corrected chi connectivity index (χ4v) is 5.85. The summed E-state index contributed by atoms with van der Waals surface area (Å²) in [5.41, 5.74) is 0. The molecule has 0 aromatic carbocycles. The third kappa shape index (κ3) is 40.9. The Morgan fingerprint density at radius 2 is 0.800 bits per heavy atom. The molecule has 0 unspecified atom stereocenters. The van der Waals surface area contributed by atoms with Crippen LogP contribution >= 0.6 is 0 Å². The van der Waals surface area contributed by atoms with Crippen LogP contribution in [0.25, 0.3) is 0 Å². The minimum absolute atomic E-state index is 0.0234. The van der Waals surface area contributed by atoms with Crippen LogP contribution in [0.3, 0.4) is 0 Å². The summed E-state index contributed by atoms with van der Waals surface area (Å²) in [5, 5.41) is 31.3. The van der Waals surface area contributed by atoms with Gasteiger partial charge in [0.25, 0.3) is 0 Å². The Labute approximate surface area is 357 Å². The monoisotopic (exact) mass is 860 g/mol. The normalized spacial score (nSPS) is 11.4. The minimum atomic E-state index is -1.18. The summed E-state index contributed by atoms with van der Waals surface area (Å²) >= 11 is 0. The van der Waals surface area contributed by atoms with E-state index in [0.717, 1.165) is 38.5 Å². The lowest BCUT2D eigenvalue weighted by Crippen LogP contribution is -2.41. The second-order valence-corrected chi connectivity index (χ2v) is 14.6. The van der Waals surface area contributed by atoms with Gasteiger partial charge in [0, 0.05) is 51.9 Å². The van der Waals surface area contributed by atoms with Gasteiger partial charge in [0.2, 0.25) is 29.5 Å². The minimum Gasteiger partial charge on any atom is -0.481 e. The molecule has 7 N–H and O–H groups in total. The number of unbranched alkanes of at least 4 members (excludes halogenated alkanes) is 15. The van der Waals surface area contributed by atoms with E-state index in [1.165, 1.54) is 57.8 Å². The number of aliphatic carboxylic acids is 2. The summed E-state index contributed by atoms with van der Waals surface area (Å²) in [4.78, 5) is 81.3. The van der Waals surface area contributed by atoms with Gasteiger partial charge in [-0.3, -0.25) is 28.8 Å². The van der Waals surface area contributed by atoms with E-state index in [0.29, 0.717) is 25.9 Å². The summed E-state index contributed by atoms with van der Waals surface area (Å²) in [6.45, 7) is 3.90. The van der Waals surface area contributed by atoms with Crippen LogP contribution in [0, 0.1) is 0 Å². The highest BCUT2D eigenvalue weighted by atomic mass is 16.5. The van der Waals surface area contributed by atoms with Crippen LogP contribution in [-0.2, 0) is 52.5 Å². The second-order valence-electron chi connectivity index (χ2n) is 14.6. The van der Waals surface area contributed by atoms with Crippen molar-refractivity contribution in [2.24, 2.45) is 0 Å². The second kappa shape index (κ2) is 41.8. The molecule has 18 nitrogen and oxygen atoms in total. The van der Waals surface area contributed by atoms with Crippen molar-refractivity contribution < 1.29 is 62.7 Å². The van der Waals surface area contributed by atoms with Gasteiger partial charge in [-0.1, -0.05) is 96.8 Å². The first-order chi connectivity index (χ1) is 29.0. The third-order valence-corrected chi connectivity index (χ3v) is 9.28. The average Bonchev–Trinajstić information content (AvgIpc) is 3.22. The number of carboxylic acid groups (broad SMARTS) is 2. The van der Waals surface area contributed by atoms with Crippen LogP contribution in [0.15, 0.2) is 0 Å². The molecule has 0 rings (SSSR count). The summed E-state index contributed by atoms with van der Waals surface area (Å²) in [7, 11) is 0. The van der Waals surface area contributed by atoms with Crippen LogP contribution in [0.5, 0.6) is 0 Å². The molecule has 0 aromatic heterocycles. The number of rotatable bonds is 44. The zero-order valence-corrected chi connectivity index (χ0v) is 36.3. The van der Waals surface area contributed by atoms with Crippen LogP contribution in [0.4, 0.5) is 0 Å². The van der Waals surface area contributed by atoms with Crippen molar-refractivity contribution >= 4 is 41.5 Å². The van der Waals surface area contributed by atoms with E-state index >= 15 is 0 Å². The van der Waals surface area contributed by atoms with E-state index in [-0.39, 0.29) is 121 Å². The number of nitrogens with one attached hydrogen (secondary N) is 5. The van der Waals surface area contributed by atoms with Crippen LogP contribution in [0.2, 0.25) is 0 Å². The van der Waals surface area contributed by atoms with E-state index in [2.05, 4.69) is 26.6 Å². The Morgan fingerprint density at radius 3 is 1.23 bits per heavy atom. The van der Waals surface area contributed by atoms with E-state index in [9.17, 15) is 38.7 Å². The number of carboxylic acids is 2. The van der Waals surface area contributed by atoms with Crippen LogP contribution < -0.4 is 26.6 Å². The van der Waals surface area contributed by atoms with Crippen molar-refractivity contribution in [2.45, 2.75) is 148 Å². The zero-order valence-electron chi connectivity index (χ0n) is 36.3. The quantitative estimate of drug-likeness (QED) is 0.0435. The van der Waals surface area contributed by atoms with E-state index < -0.39 is 18.0 Å². The molecule has 0 aliphatic heterocycles. The standard InChI is InChI=1S/C42H77N5O13/c1-2-36(48)43-23-24-44-39(51)33-59-31-30-58-28-26-46-40(52)34-60-32-29-57-27-25-45-37(49)22-21-35(42(55)56)47-38(50)19-17-15-13-11-9-7-5-3-4-6-8-10-12-14-16-18-20-41(53)54/h35H,2-34H2,1H3,(H,43,48)(H,44,51)(H,45,49)(H,46,52)(H,47,50)(H,53,54)(H,55,56)/t35-/m0/s1. The number of amides is 5. The first-order valence-corrected chi connectivity index (χ1v) is 22.2. The maximum absolute atomic E-state index is 12.3. The van der Waals surface area contributed by atoms with Crippen molar-refractivity contribution in [2.75, 3.05) is 79.0 Å². The molecular formula is C42H77N5O13. The first kappa shape index (κ1) is 56.1. The Bertz CT molecular complexity index is 1160. The number of hydrogen-bond acceptors (Lipinski definition) is 11. The van der Waals surface area contributed by atoms with E-state index in [1.54, 1.807) is 6.92 Å². The molecule has 0 fully saturated rings. The highest BCUT2D eigenvalue weighted by molar-refractivity contribution is 5.84. The molecule has 0 saturated carbocycles. The van der Waals surface area contributed by atoms with Gasteiger partial charge in [-0.05, 0) is 19.3 Å². The maximum atomic E-state index is 12.3. The van der Waals surface area contributed by atoms with Crippen molar-refractivity contribution in [1.82, 2.24) is 26.6 Å². The van der Waals surface area contributed by atoms with Crippen molar-refractivity contribution in [1.29, 1.82) is 0 Å². The predicted octanol–water partition coefficient (Wildman–Crippen LogP) is 3.38. The Hall–Kier alpha value is -3.87. The molecule has 0 aliphatic carbocycles. The summed E-state index contributed by atoms with van der Waals surface area (Å²) in [6, 6.07) is -1.14. The first-order valence-electron chi connectivity index (χ1n) is 22.2. The largest absolute Gasteiger partial charge is 0.481 e. The van der Waals surface area contributed by atoms with Gasteiger partial charge in [-0.15, -0.1) is 0 Å². The molecule has 60 heavy (non-hydrogen) atoms. The van der Waals surface area contributed by atoms with E-state index in [4.69, 9.17) is 24.1 Å². The molecule has 0 aromatic rings. The number of hydrogen-bond donors (Lipinski definition) is 7. The number of carbonyl (C=O) groups is 7. The highest BCUT2D eigenvalue weighted by Gasteiger charge is 2.20. The molecule has 18 heteroatoms. The molecule has 5 amide bonds. The van der Waals surface area contributed by atoms with Crippen LogP contribution in [-0.4, -0.2) is 137 Å². The molecule has 0 saturated heterocycles. The van der Waals surface area contributed by atoms with Crippen LogP contribution in [0.1, 0.15) is 142 Å². The molecule has 1 atom stereocenters. The van der Waals surface area contributed by atoms with Crippen molar-refractivity contribution in [3.63, 3.8) is 0 Å². The molecule has 0 aliphatic rings. The predicted molar refractivity (Wildman–Crippen MR) is 225 cm³/mol. The lowest BCUT2D eigenvalue weighted by molar-refractivity contribution is -0.142. The van der Waals surface area contributed by atoms with Gasteiger partial charge < -0.3 is 55.7 Å². The van der Waals surface area contributed by atoms with Crippen molar-refractivity contribution in [3.8, 4) is 0 Å². The summed E-state index contributed by atoms with van der Waals surface area (Å²) in [6.07, 6.45) is 18.7. The van der Waals surface area contributed by atoms with Gasteiger partial charge in [0.05, 0.1) is 39.6 Å². The van der Waals surface area contributed by atoms with Gasteiger partial charge >= 0.3 is 11.9 Å². The fourth-order valence-electron chi connectivity index (χ4n) is 5.85. The average molecular weight is 860 g/mol. The summed E-state index contributed by atoms with van der Waals surface area (Å²) in [5.74, 6) is -3.26. The van der Waals surface area contributed by atoms with Gasteiger partial charge in [-0.2, -0.15) is 0 Å². The van der Waals surface area contributed by atoms with Gasteiger partial charge in [-0.25, -0.2) is 4.79 Å². The molecule has 348 valence electrons. The number of ether oxygens (including phenoxy) is 4. The topological polar surface area (TPSA) is 257 Å². The molecule has 0 spiro atoms. The van der Waals surface area contributed by atoms with E-state index in [1.807, 2.05) is 0 Å². The van der Waals surface area contributed by atoms with Gasteiger partial charge in [0.15, 0.2) is 0 Å². The SMILES string of the molecule is CCC(=O)NCCNC(=O)COCCOCCNC(=O)COCCOCCNC(=O)CC[C@H](NC(=O)CCCCCCCCCCCCCCCCCCC(=O)O)C(=O)O. The lowest BCUT2D eigenvalue weighted by atomic mass is 10.0. The summed E-state index contributed by atoms with van der Waals surface area (Å²) < 4.78 is 21.2. The lowest BCUT2D eigenvalue weighted by Gasteiger charge is -2.14. The zero-order chi connectivity index (χ0) is 44.3. The van der Waals surface area contributed by atoms with Gasteiger partial charge in [0.1, 0.15) is 19.3 Å². The smallest absolute Gasteiger partial charge is 0.326 e. The Balaban J connectivity index is 3.64. The fraction of sp³-hybridized carbons (Fsp3) is 0.833. The van der Waals surface area contributed by atoms with Crippen molar-refractivity contribution in [3.05, 3.63) is 0 Å². The Morgan fingerprint density at radius 1 is 0.417 bits per heavy atom. The Kier molecular flexibility index (Phi) is 39.1. The molecule has 0 radical (unpaired) electrons. The maximum Gasteiger partial charge on any atom is 0.326 e. The number of carbonyl (C=O) groups excluding carboxylic acids is 5. The highest BCUT2D eigenvalue weighted by Crippen LogP contribution is 2.14. The molecule has 0 bridgehead atoms. The molecule has 0 heterocycles. The third-order valence-electron chi connectivity index (χ3n) is 9.28. The molecular weight excluding hydrogens is 782 g/mol.